The molecular formula is C15H26N2O3S. The number of hydrogen-bond donors (Lipinski definition) is 2. The Morgan fingerprint density at radius 2 is 2.48 bits per heavy atom. The fourth-order valence-corrected chi connectivity index (χ4v) is 3.25. The van der Waals surface area contributed by atoms with Crippen molar-refractivity contribution in [3.05, 3.63) is 16.1 Å². The first-order valence-corrected chi connectivity index (χ1v) is 8.46. The highest BCUT2D eigenvalue weighted by Gasteiger charge is 2.29. The smallest absolute Gasteiger partial charge is 0.0897 e. The van der Waals surface area contributed by atoms with Crippen LogP contribution in [0.3, 0.4) is 0 Å². The second-order valence-electron chi connectivity index (χ2n) is 5.87. The number of aryl methyl sites for hydroxylation is 1. The third-order valence-corrected chi connectivity index (χ3v) is 4.80. The maximum Gasteiger partial charge on any atom is 0.0897 e. The van der Waals surface area contributed by atoms with Gasteiger partial charge in [0.25, 0.3) is 0 Å². The molecule has 5 nitrogen and oxygen atoms in total. The first-order chi connectivity index (χ1) is 10.1. The van der Waals surface area contributed by atoms with Crippen molar-refractivity contribution in [3.8, 4) is 0 Å². The topological polar surface area (TPSA) is 63.6 Å². The molecule has 1 saturated heterocycles. The molecule has 0 bridgehead atoms. The number of hydrogen-bond acceptors (Lipinski definition) is 6. The molecule has 2 rings (SSSR count). The second kappa shape index (κ2) is 8.19. The SMILES string of the molecule is Cc1ncsc1CCOCC(O)CNCC1(C)CCCO1. The molecule has 120 valence electrons. The molecule has 0 radical (unpaired) electrons. The van der Waals surface area contributed by atoms with Crippen molar-refractivity contribution >= 4 is 11.3 Å². The van der Waals surface area contributed by atoms with Crippen LogP contribution in [0.5, 0.6) is 0 Å². The number of nitrogens with one attached hydrogen (secondary N) is 1. The molecule has 1 aliphatic heterocycles. The van der Waals surface area contributed by atoms with E-state index in [-0.39, 0.29) is 5.60 Å². The first-order valence-electron chi connectivity index (χ1n) is 7.58. The zero-order chi connectivity index (χ0) is 15.1. The molecule has 2 atom stereocenters. The van der Waals surface area contributed by atoms with Crippen LogP contribution in [0.25, 0.3) is 0 Å². The summed E-state index contributed by atoms with van der Waals surface area (Å²) in [6, 6.07) is 0. The average molecular weight is 314 g/mol. The lowest BCUT2D eigenvalue weighted by atomic mass is 10.0. The van der Waals surface area contributed by atoms with Crippen LogP contribution in [0.15, 0.2) is 5.51 Å². The van der Waals surface area contributed by atoms with Crippen LogP contribution in [0.1, 0.15) is 30.3 Å². The molecule has 0 amide bonds. The zero-order valence-electron chi connectivity index (χ0n) is 12.9. The van der Waals surface area contributed by atoms with Crippen LogP contribution >= 0.6 is 11.3 Å². The van der Waals surface area contributed by atoms with Gasteiger partial charge in [-0.2, -0.15) is 0 Å². The molecule has 1 fully saturated rings. The number of rotatable bonds is 9. The van der Waals surface area contributed by atoms with Gasteiger partial charge in [-0.15, -0.1) is 11.3 Å². The molecule has 0 aromatic carbocycles. The number of aromatic nitrogens is 1. The third-order valence-electron chi connectivity index (χ3n) is 3.81. The lowest BCUT2D eigenvalue weighted by molar-refractivity contribution is 0.0108. The summed E-state index contributed by atoms with van der Waals surface area (Å²) in [4.78, 5) is 5.47. The summed E-state index contributed by atoms with van der Waals surface area (Å²) in [5.41, 5.74) is 2.87. The van der Waals surface area contributed by atoms with Gasteiger partial charge in [-0.3, -0.25) is 0 Å². The predicted molar refractivity (Wildman–Crippen MR) is 83.8 cm³/mol. The molecule has 0 aliphatic carbocycles. The molecule has 1 aromatic heterocycles. The van der Waals surface area contributed by atoms with Crippen molar-refractivity contribution < 1.29 is 14.6 Å². The molecule has 6 heteroatoms. The lowest BCUT2D eigenvalue weighted by Gasteiger charge is -2.24. The van der Waals surface area contributed by atoms with Crippen molar-refractivity contribution in [2.75, 3.05) is 32.9 Å². The number of ether oxygens (including phenoxy) is 2. The van der Waals surface area contributed by atoms with Gasteiger partial charge in [0.15, 0.2) is 0 Å². The Labute approximate surface area is 130 Å². The van der Waals surface area contributed by atoms with E-state index in [0.717, 1.165) is 38.1 Å². The van der Waals surface area contributed by atoms with Crippen LogP contribution in [0.2, 0.25) is 0 Å². The normalized spacial score (nSPS) is 23.6. The number of aliphatic hydroxyl groups excluding tert-OH is 1. The molecule has 1 aromatic rings. The molecule has 21 heavy (non-hydrogen) atoms. The predicted octanol–water partition coefficient (Wildman–Crippen LogP) is 1.53. The maximum atomic E-state index is 9.88. The minimum absolute atomic E-state index is 0.0652. The summed E-state index contributed by atoms with van der Waals surface area (Å²) < 4.78 is 11.2. The summed E-state index contributed by atoms with van der Waals surface area (Å²) in [6.07, 6.45) is 2.60. The van der Waals surface area contributed by atoms with Crippen LogP contribution in [-0.2, 0) is 15.9 Å². The van der Waals surface area contributed by atoms with E-state index >= 15 is 0 Å². The Balaban J connectivity index is 1.51. The Morgan fingerprint density at radius 1 is 1.62 bits per heavy atom. The summed E-state index contributed by atoms with van der Waals surface area (Å²) >= 11 is 1.66. The highest BCUT2D eigenvalue weighted by atomic mass is 32.1. The van der Waals surface area contributed by atoms with Gasteiger partial charge >= 0.3 is 0 Å². The monoisotopic (exact) mass is 314 g/mol. The van der Waals surface area contributed by atoms with E-state index in [0.29, 0.717) is 19.8 Å². The Morgan fingerprint density at radius 3 is 3.14 bits per heavy atom. The van der Waals surface area contributed by atoms with E-state index in [1.807, 2.05) is 12.4 Å². The average Bonchev–Trinajstić information content (AvgIpc) is 3.04. The summed E-state index contributed by atoms with van der Waals surface area (Å²) in [7, 11) is 0. The van der Waals surface area contributed by atoms with Gasteiger partial charge in [0, 0.05) is 31.0 Å². The van der Waals surface area contributed by atoms with Crippen LogP contribution in [0, 0.1) is 6.92 Å². The van der Waals surface area contributed by atoms with E-state index < -0.39 is 6.10 Å². The van der Waals surface area contributed by atoms with E-state index in [9.17, 15) is 5.11 Å². The van der Waals surface area contributed by atoms with Crippen molar-refractivity contribution in [2.24, 2.45) is 0 Å². The van der Waals surface area contributed by atoms with Crippen molar-refractivity contribution in [2.45, 2.75) is 44.8 Å². The fourth-order valence-electron chi connectivity index (χ4n) is 2.49. The number of aliphatic hydroxyl groups is 1. The minimum atomic E-state index is -0.474. The van der Waals surface area contributed by atoms with E-state index in [2.05, 4.69) is 17.2 Å². The second-order valence-corrected chi connectivity index (χ2v) is 6.81. The third kappa shape index (κ3) is 5.64. The van der Waals surface area contributed by atoms with Crippen LogP contribution < -0.4 is 5.32 Å². The van der Waals surface area contributed by atoms with Gasteiger partial charge < -0.3 is 19.9 Å². The Bertz CT molecular complexity index is 419. The van der Waals surface area contributed by atoms with Gasteiger partial charge in [-0.05, 0) is 26.7 Å². The lowest BCUT2D eigenvalue weighted by Crippen LogP contribution is -2.41. The van der Waals surface area contributed by atoms with E-state index in [4.69, 9.17) is 9.47 Å². The first kappa shape index (κ1) is 16.8. The summed E-state index contributed by atoms with van der Waals surface area (Å²) in [5.74, 6) is 0. The van der Waals surface area contributed by atoms with Gasteiger partial charge in [-0.1, -0.05) is 0 Å². The van der Waals surface area contributed by atoms with Crippen LogP contribution in [0.4, 0.5) is 0 Å². The number of thiazole rings is 1. The highest BCUT2D eigenvalue weighted by Crippen LogP contribution is 2.23. The van der Waals surface area contributed by atoms with Gasteiger partial charge in [0.1, 0.15) is 0 Å². The molecule has 2 heterocycles. The fraction of sp³-hybridized carbons (Fsp3) is 0.800. The van der Waals surface area contributed by atoms with E-state index in [1.165, 1.54) is 4.88 Å². The Kier molecular flexibility index (Phi) is 6.57. The van der Waals surface area contributed by atoms with Gasteiger partial charge in [0.2, 0.25) is 0 Å². The molecule has 0 saturated carbocycles. The largest absolute Gasteiger partial charge is 0.389 e. The summed E-state index contributed by atoms with van der Waals surface area (Å²) in [5, 5.41) is 13.1. The molecular weight excluding hydrogens is 288 g/mol. The maximum absolute atomic E-state index is 9.88. The minimum Gasteiger partial charge on any atom is -0.389 e. The number of nitrogens with zero attached hydrogens (tertiary/aromatic N) is 1. The van der Waals surface area contributed by atoms with Crippen LogP contribution in [-0.4, -0.2) is 54.7 Å². The highest BCUT2D eigenvalue weighted by molar-refractivity contribution is 7.09. The molecule has 2 N–H and O–H groups in total. The standard InChI is InChI=1S/C15H26N2O3S/c1-12-14(21-11-17-12)4-7-19-9-13(18)8-16-10-15(2)5-3-6-20-15/h11,13,16,18H,3-10H2,1-2H3. The Hall–Kier alpha value is -0.530. The molecule has 2 unspecified atom stereocenters. The quantitative estimate of drug-likeness (QED) is 0.677. The summed E-state index contributed by atoms with van der Waals surface area (Å²) in [6.45, 7) is 7.29. The van der Waals surface area contributed by atoms with Gasteiger partial charge in [-0.25, -0.2) is 4.98 Å². The molecule has 1 aliphatic rings. The zero-order valence-corrected chi connectivity index (χ0v) is 13.7. The van der Waals surface area contributed by atoms with E-state index in [1.54, 1.807) is 11.3 Å². The molecule has 0 spiro atoms. The van der Waals surface area contributed by atoms with Crippen molar-refractivity contribution in [1.82, 2.24) is 10.3 Å². The van der Waals surface area contributed by atoms with Gasteiger partial charge in [0.05, 0.1) is 36.1 Å². The van der Waals surface area contributed by atoms with Crippen molar-refractivity contribution in [1.29, 1.82) is 0 Å². The van der Waals surface area contributed by atoms with Crippen molar-refractivity contribution in [3.63, 3.8) is 0 Å².